The lowest BCUT2D eigenvalue weighted by Gasteiger charge is -2.28. The predicted octanol–water partition coefficient (Wildman–Crippen LogP) is 4.38. The molecule has 0 unspecified atom stereocenters. The summed E-state index contributed by atoms with van der Waals surface area (Å²) in [6.45, 7) is 1.63. The van der Waals surface area contributed by atoms with Crippen molar-refractivity contribution in [2.45, 2.75) is 38.5 Å². The minimum absolute atomic E-state index is 0.0568. The van der Waals surface area contributed by atoms with E-state index in [1.165, 1.54) is 0 Å². The summed E-state index contributed by atoms with van der Waals surface area (Å²) in [5.74, 6) is 1.34. The van der Waals surface area contributed by atoms with E-state index >= 15 is 0 Å². The van der Waals surface area contributed by atoms with Crippen molar-refractivity contribution in [2.75, 3.05) is 13.3 Å². The molecule has 8 heteroatoms. The molecule has 34 heavy (non-hydrogen) atoms. The Labute approximate surface area is 202 Å². The fourth-order valence-corrected chi connectivity index (χ4v) is 4.68. The molecule has 5 rings (SSSR count). The van der Waals surface area contributed by atoms with Crippen molar-refractivity contribution in [1.29, 1.82) is 0 Å². The van der Waals surface area contributed by atoms with Gasteiger partial charge in [0.2, 0.25) is 12.7 Å². The highest BCUT2D eigenvalue weighted by atomic mass is 32.1. The Bertz CT molecular complexity index is 1130. The topological polar surface area (TPSA) is 71.1 Å². The number of carbonyl (C=O) groups excluding carboxylic acids is 2. The Balaban J connectivity index is 1.27. The highest BCUT2D eigenvalue weighted by Crippen LogP contribution is 2.33. The van der Waals surface area contributed by atoms with Crippen LogP contribution >= 0.6 is 11.3 Å². The second-order valence-corrected chi connectivity index (χ2v) is 9.55. The summed E-state index contributed by atoms with van der Waals surface area (Å²) < 4.78 is 10.9. The Kier molecular flexibility index (Phi) is 6.67. The first-order valence-electron chi connectivity index (χ1n) is 11.4. The summed E-state index contributed by atoms with van der Waals surface area (Å²) in [5, 5.41) is 4.98. The largest absolute Gasteiger partial charge is 0.454 e. The molecule has 2 heterocycles. The molecular formula is C26H27N3O4S. The van der Waals surface area contributed by atoms with Crippen molar-refractivity contribution in [1.82, 2.24) is 15.1 Å². The van der Waals surface area contributed by atoms with E-state index in [1.807, 2.05) is 70.9 Å². The van der Waals surface area contributed by atoms with Crippen molar-refractivity contribution in [3.63, 3.8) is 0 Å². The molecule has 3 aromatic rings. The van der Waals surface area contributed by atoms with Gasteiger partial charge in [-0.15, -0.1) is 11.3 Å². The van der Waals surface area contributed by atoms with E-state index in [-0.39, 0.29) is 31.3 Å². The molecule has 2 aromatic carbocycles. The van der Waals surface area contributed by atoms with E-state index < -0.39 is 0 Å². The summed E-state index contributed by atoms with van der Waals surface area (Å²) in [6.07, 6.45) is 1.86. The molecule has 3 amide bonds. The van der Waals surface area contributed by atoms with Crippen molar-refractivity contribution in [2.24, 2.45) is 0 Å². The van der Waals surface area contributed by atoms with Crippen molar-refractivity contribution in [3.05, 3.63) is 82.0 Å². The second kappa shape index (κ2) is 10.2. The minimum atomic E-state index is -0.196. The first-order valence-corrected chi connectivity index (χ1v) is 12.3. The fourth-order valence-electron chi connectivity index (χ4n) is 3.96. The van der Waals surface area contributed by atoms with Crippen LogP contribution in [0.5, 0.6) is 11.5 Å². The Morgan fingerprint density at radius 3 is 2.53 bits per heavy atom. The van der Waals surface area contributed by atoms with Gasteiger partial charge >= 0.3 is 6.03 Å². The van der Waals surface area contributed by atoms with Gasteiger partial charge in [-0.05, 0) is 47.5 Å². The van der Waals surface area contributed by atoms with Crippen LogP contribution in [0.3, 0.4) is 0 Å². The summed E-state index contributed by atoms with van der Waals surface area (Å²) in [4.78, 5) is 31.1. The van der Waals surface area contributed by atoms with Crippen LogP contribution in [0.1, 0.15) is 28.8 Å². The second-order valence-electron chi connectivity index (χ2n) is 8.52. The van der Waals surface area contributed by atoms with Crippen LogP contribution in [0.4, 0.5) is 4.79 Å². The van der Waals surface area contributed by atoms with Crippen LogP contribution in [0, 0.1) is 0 Å². The number of hydrogen-bond donors (Lipinski definition) is 1. The normalized spacial score (nSPS) is 14.0. The van der Waals surface area contributed by atoms with Crippen LogP contribution < -0.4 is 14.8 Å². The van der Waals surface area contributed by atoms with Crippen molar-refractivity contribution < 1.29 is 19.1 Å². The number of thiophene rings is 1. The molecule has 1 N–H and O–H groups in total. The number of carbonyl (C=O) groups is 2. The van der Waals surface area contributed by atoms with Crippen LogP contribution in [-0.4, -0.2) is 41.1 Å². The summed E-state index contributed by atoms with van der Waals surface area (Å²) in [6, 6.07) is 19.5. The van der Waals surface area contributed by atoms with E-state index in [0.29, 0.717) is 25.4 Å². The quantitative estimate of drug-likeness (QED) is 0.497. The molecule has 0 spiro atoms. The number of ether oxygens (including phenoxy) is 2. The van der Waals surface area contributed by atoms with Crippen LogP contribution in [0.2, 0.25) is 0 Å². The van der Waals surface area contributed by atoms with Gasteiger partial charge in [0.1, 0.15) is 6.54 Å². The molecule has 1 aliphatic heterocycles. The maximum absolute atomic E-state index is 13.5. The van der Waals surface area contributed by atoms with E-state index in [2.05, 4.69) is 5.32 Å². The van der Waals surface area contributed by atoms with Gasteiger partial charge in [0.25, 0.3) is 0 Å². The lowest BCUT2D eigenvalue weighted by Crippen LogP contribution is -2.47. The van der Waals surface area contributed by atoms with E-state index in [9.17, 15) is 9.59 Å². The molecule has 7 nitrogen and oxygen atoms in total. The highest BCUT2D eigenvalue weighted by Gasteiger charge is 2.35. The van der Waals surface area contributed by atoms with Gasteiger partial charge in [0.15, 0.2) is 11.5 Å². The number of amides is 3. The molecule has 1 aliphatic carbocycles. The average molecular weight is 478 g/mol. The lowest BCUT2D eigenvalue weighted by molar-refractivity contribution is -0.133. The van der Waals surface area contributed by atoms with Gasteiger partial charge < -0.3 is 24.6 Å². The minimum Gasteiger partial charge on any atom is -0.454 e. The third-order valence-electron chi connectivity index (χ3n) is 5.93. The van der Waals surface area contributed by atoms with E-state index in [1.54, 1.807) is 16.2 Å². The zero-order valence-electron chi connectivity index (χ0n) is 18.8. The van der Waals surface area contributed by atoms with Gasteiger partial charge in [-0.1, -0.05) is 42.5 Å². The molecule has 0 atom stereocenters. The lowest BCUT2D eigenvalue weighted by atomic mass is 10.2. The zero-order valence-corrected chi connectivity index (χ0v) is 19.6. The monoisotopic (exact) mass is 477 g/mol. The molecule has 1 aromatic heterocycles. The zero-order chi connectivity index (χ0) is 23.3. The summed E-state index contributed by atoms with van der Waals surface area (Å²) in [7, 11) is 0. The predicted molar refractivity (Wildman–Crippen MR) is 130 cm³/mol. The molecule has 1 fully saturated rings. The molecule has 2 aliphatic rings. The number of fused-ring (bicyclic) bond motifs is 1. The molecule has 0 saturated heterocycles. The number of rotatable bonds is 9. The smallest absolute Gasteiger partial charge is 0.318 e. The highest BCUT2D eigenvalue weighted by molar-refractivity contribution is 7.09. The number of urea groups is 1. The summed E-state index contributed by atoms with van der Waals surface area (Å²) in [5.41, 5.74) is 1.99. The van der Waals surface area contributed by atoms with Gasteiger partial charge in [-0.25, -0.2) is 4.79 Å². The Hall–Kier alpha value is -3.52. The first-order chi connectivity index (χ1) is 16.7. The Morgan fingerprint density at radius 1 is 0.941 bits per heavy atom. The molecule has 1 saturated carbocycles. The maximum Gasteiger partial charge on any atom is 0.318 e. The SMILES string of the molecule is O=C(CN(C(=O)NCc1ccccc1)C1CC1)N(Cc1ccc2c(c1)OCO2)Cc1cccs1. The summed E-state index contributed by atoms with van der Waals surface area (Å²) >= 11 is 1.62. The third kappa shape index (κ3) is 5.51. The third-order valence-corrected chi connectivity index (χ3v) is 6.79. The number of nitrogens with one attached hydrogen (secondary N) is 1. The van der Waals surface area contributed by atoms with Gasteiger partial charge in [0, 0.05) is 24.0 Å². The molecule has 0 bridgehead atoms. The average Bonchev–Trinajstić information content (AvgIpc) is 3.35. The van der Waals surface area contributed by atoms with Gasteiger partial charge in [-0.3, -0.25) is 4.79 Å². The maximum atomic E-state index is 13.5. The fraction of sp³-hybridized carbons (Fsp3) is 0.308. The number of hydrogen-bond acceptors (Lipinski definition) is 5. The first kappa shape index (κ1) is 22.3. The van der Waals surface area contributed by atoms with E-state index in [0.717, 1.165) is 34.6 Å². The Morgan fingerprint density at radius 2 is 1.76 bits per heavy atom. The number of benzene rings is 2. The van der Waals surface area contributed by atoms with Crippen LogP contribution in [-0.2, 0) is 24.4 Å². The van der Waals surface area contributed by atoms with Crippen LogP contribution in [0.15, 0.2) is 66.0 Å². The molecule has 176 valence electrons. The van der Waals surface area contributed by atoms with Crippen LogP contribution in [0.25, 0.3) is 0 Å². The van der Waals surface area contributed by atoms with Crippen molar-refractivity contribution in [3.8, 4) is 11.5 Å². The van der Waals surface area contributed by atoms with Gasteiger partial charge in [0.05, 0.1) is 6.54 Å². The van der Waals surface area contributed by atoms with Crippen molar-refractivity contribution >= 4 is 23.3 Å². The molecule has 0 radical (unpaired) electrons. The number of nitrogens with zero attached hydrogens (tertiary/aromatic N) is 2. The standard InChI is InChI=1S/C26H27N3O4S/c30-25(17-29(21-9-10-21)26(31)27-14-19-5-2-1-3-6-19)28(16-22-7-4-12-34-22)15-20-8-11-23-24(13-20)33-18-32-23/h1-8,11-13,21H,9-10,14-18H2,(H,27,31). The van der Waals surface area contributed by atoms with E-state index in [4.69, 9.17) is 9.47 Å². The van der Waals surface area contributed by atoms with Gasteiger partial charge in [-0.2, -0.15) is 0 Å². The molecular weight excluding hydrogens is 450 g/mol.